The molecule has 0 aliphatic heterocycles. The van der Waals surface area contributed by atoms with Gasteiger partial charge in [-0.15, -0.1) is 0 Å². The third-order valence-electron chi connectivity index (χ3n) is 3.88. The molecule has 20 heavy (non-hydrogen) atoms. The highest BCUT2D eigenvalue weighted by Crippen LogP contribution is 2.31. The smallest absolute Gasteiger partial charge is 0.323 e. The zero-order valence-corrected chi connectivity index (χ0v) is 11.6. The maximum atomic E-state index is 12.0. The van der Waals surface area contributed by atoms with Gasteiger partial charge in [-0.3, -0.25) is 14.9 Å². The molecule has 5 nitrogen and oxygen atoms in total. The van der Waals surface area contributed by atoms with Gasteiger partial charge < -0.3 is 10.0 Å². The molecule has 0 heterocycles. The van der Waals surface area contributed by atoms with Crippen molar-refractivity contribution in [2.75, 3.05) is 13.6 Å². The van der Waals surface area contributed by atoms with Gasteiger partial charge >= 0.3 is 5.97 Å². The average molecular weight is 276 g/mol. The molecule has 0 radical (unpaired) electrons. The van der Waals surface area contributed by atoms with Crippen molar-refractivity contribution in [3.8, 4) is 0 Å². The molecular formula is C15H20N2O3. The van der Waals surface area contributed by atoms with Crippen molar-refractivity contribution in [1.82, 2.24) is 10.2 Å². The van der Waals surface area contributed by atoms with Crippen LogP contribution in [0.15, 0.2) is 30.3 Å². The number of amides is 1. The fourth-order valence-electron chi connectivity index (χ4n) is 2.32. The molecule has 0 unspecified atom stereocenters. The number of carboxylic acid groups (broad SMARTS) is 1. The van der Waals surface area contributed by atoms with Crippen molar-refractivity contribution in [2.45, 2.75) is 31.3 Å². The Morgan fingerprint density at radius 3 is 2.45 bits per heavy atom. The number of aliphatic carboxylic acids is 1. The Balaban J connectivity index is 1.84. The second-order valence-corrected chi connectivity index (χ2v) is 5.33. The Bertz CT molecular complexity index is 483. The molecule has 108 valence electrons. The maximum Gasteiger partial charge on any atom is 0.323 e. The molecule has 0 saturated heterocycles. The second kappa shape index (κ2) is 6.05. The SMILES string of the molecule is CN(Cc1ccccc1)C(=O)CNC1(C(=O)O)CCC1. The van der Waals surface area contributed by atoms with E-state index in [0.29, 0.717) is 19.4 Å². The van der Waals surface area contributed by atoms with Gasteiger partial charge in [0.25, 0.3) is 0 Å². The number of likely N-dealkylation sites (N-methyl/N-ethyl adjacent to an activating group) is 1. The Hall–Kier alpha value is -1.88. The van der Waals surface area contributed by atoms with Crippen molar-refractivity contribution in [1.29, 1.82) is 0 Å². The molecule has 1 aromatic carbocycles. The normalized spacial score (nSPS) is 16.2. The third-order valence-corrected chi connectivity index (χ3v) is 3.88. The molecule has 2 rings (SSSR count). The molecular weight excluding hydrogens is 256 g/mol. The quantitative estimate of drug-likeness (QED) is 0.820. The maximum absolute atomic E-state index is 12.0. The molecule has 2 N–H and O–H groups in total. The largest absolute Gasteiger partial charge is 0.480 e. The summed E-state index contributed by atoms with van der Waals surface area (Å²) in [5, 5.41) is 12.1. The minimum Gasteiger partial charge on any atom is -0.480 e. The summed E-state index contributed by atoms with van der Waals surface area (Å²) in [4.78, 5) is 24.8. The first-order valence-corrected chi connectivity index (χ1v) is 6.80. The van der Waals surface area contributed by atoms with Crippen LogP contribution in [-0.4, -0.2) is 41.0 Å². The van der Waals surface area contributed by atoms with Gasteiger partial charge in [-0.25, -0.2) is 0 Å². The van der Waals surface area contributed by atoms with Crippen LogP contribution in [-0.2, 0) is 16.1 Å². The summed E-state index contributed by atoms with van der Waals surface area (Å²) in [6.07, 6.45) is 2.09. The van der Waals surface area contributed by atoms with Crippen LogP contribution >= 0.6 is 0 Å². The number of hydrogen-bond acceptors (Lipinski definition) is 3. The van der Waals surface area contributed by atoms with E-state index in [4.69, 9.17) is 0 Å². The van der Waals surface area contributed by atoms with E-state index in [2.05, 4.69) is 5.32 Å². The lowest BCUT2D eigenvalue weighted by molar-refractivity contribution is -0.149. The molecule has 1 saturated carbocycles. The molecule has 0 atom stereocenters. The summed E-state index contributed by atoms with van der Waals surface area (Å²) in [6.45, 7) is 0.594. The number of carboxylic acids is 1. The molecule has 1 aliphatic carbocycles. The number of nitrogens with zero attached hydrogens (tertiary/aromatic N) is 1. The summed E-state index contributed by atoms with van der Waals surface area (Å²) >= 11 is 0. The fourth-order valence-corrected chi connectivity index (χ4v) is 2.32. The lowest BCUT2D eigenvalue weighted by atomic mass is 9.77. The topological polar surface area (TPSA) is 69.6 Å². The molecule has 1 aliphatic rings. The fraction of sp³-hybridized carbons (Fsp3) is 0.467. The number of benzene rings is 1. The van der Waals surface area contributed by atoms with Crippen LogP contribution in [0.3, 0.4) is 0 Å². The molecule has 0 spiro atoms. The van der Waals surface area contributed by atoms with E-state index in [-0.39, 0.29) is 12.5 Å². The van der Waals surface area contributed by atoms with E-state index in [1.54, 1.807) is 11.9 Å². The van der Waals surface area contributed by atoms with Gasteiger partial charge in [-0.05, 0) is 24.8 Å². The second-order valence-electron chi connectivity index (χ2n) is 5.33. The van der Waals surface area contributed by atoms with Crippen LogP contribution in [0.1, 0.15) is 24.8 Å². The van der Waals surface area contributed by atoms with Gasteiger partial charge in [-0.1, -0.05) is 30.3 Å². The van der Waals surface area contributed by atoms with Crippen LogP contribution in [0.2, 0.25) is 0 Å². The first-order chi connectivity index (χ1) is 9.53. The van der Waals surface area contributed by atoms with Crippen LogP contribution in [0.5, 0.6) is 0 Å². The molecule has 0 aromatic heterocycles. The average Bonchev–Trinajstić information content (AvgIpc) is 2.37. The molecule has 5 heteroatoms. The highest BCUT2D eigenvalue weighted by Gasteiger charge is 2.44. The highest BCUT2D eigenvalue weighted by atomic mass is 16.4. The van der Waals surface area contributed by atoms with Crippen molar-refractivity contribution in [3.05, 3.63) is 35.9 Å². The monoisotopic (exact) mass is 276 g/mol. The van der Waals surface area contributed by atoms with Crippen LogP contribution in [0.4, 0.5) is 0 Å². The summed E-state index contributed by atoms with van der Waals surface area (Å²) in [5.74, 6) is -0.955. The molecule has 1 fully saturated rings. The molecule has 1 aromatic rings. The van der Waals surface area contributed by atoms with E-state index >= 15 is 0 Å². The van der Waals surface area contributed by atoms with Gasteiger partial charge in [0.1, 0.15) is 5.54 Å². The zero-order valence-electron chi connectivity index (χ0n) is 11.6. The van der Waals surface area contributed by atoms with Gasteiger partial charge in [0, 0.05) is 13.6 Å². The van der Waals surface area contributed by atoms with Crippen LogP contribution < -0.4 is 5.32 Å². The minimum absolute atomic E-state index is 0.0651. The van der Waals surface area contributed by atoms with Crippen molar-refractivity contribution in [3.63, 3.8) is 0 Å². The van der Waals surface area contributed by atoms with Gasteiger partial charge in [0.15, 0.2) is 0 Å². The lowest BCUT2D eigenvalue weighted by Crippen LogP contribution is -2.59. The lowest BCUT2D eigenvalue weighted by Gasteiger charge is -2.38. The minimum atomic E-state index is -0.886. The number of hydrogen-bond donors (Lipinski definition) is 2. The number of carbonyl (C=O) groups excluding carboxylic acids is 1. The Labute approximate surface area is 118 Å². The zero-order chi connectivity index (χ0) is 14.6. The van der Waals surface area contributed by atoms with E-state index in [0.717, 1.165) is 12.0 Å². The Morgan fingerprint density at radius 1 is 1.30 bits per heavy atom. The Morgan fingerprint density at radius 2 is 1.95 bits per heavy atom. The summed E-state index contributed by atoms with van der Waals surface area (Å²) in [6, 6.07) is 9.71. The predicted octanol–water partition coefficient (Wildman–Crippen LogP) is 1.24. The van der Waals surface area contributed by atoms with Crippen molar-refractivity contribution < 1.29 is 14.7 Å². The summed E-state index contributed by atoms with van der Waals surface area (Å²) in [5.41, 5.74) is 0.170. The third kappa shape index (κ3) is 3.17. The van der Waals surface area contributed by atoms with Crippen molar-refractivity contribution >= 4 is 11.9 Å². The van der Waals surface area contributed by atoms with Crippen LogP contribution in [0.25, 0.3) is 0 Å². The van der Waals surface area contributed by atoms with E-state index in [1.807, 2.05) is 30.3 Å². The van der Waals surface area contributed by atoms with Crippen molar-refractivity contribution in [2.24, 2.45) is 0 Å². The van der Waals surface area contributed by atoms with Gasteiger partial charge in [-0.2, -0.15) is 0 Å². The summed E-state index contributed by atoms with van der Waals surface area (Å²) < 4.78 is 0. The standard InChI is InChI=1S/C15H20N2O3/c1-17(11-12-6-3-2-4-7-12)13(18)10-16-15(14(19)20)8-5-9-15/h2-4,6-7,16H,5,8-11H2,1H3,(H,19,20). The summed E-state index contributed by atoms with van der Waals surface area (Å²) in [7, 11) is 1.73. The molecule has 1 amide bonds. The molecule has 0 bridgehead atoms. The first-order valence-electron chi connectivity index (χ1n) is 6.80. The highest BCUT2D eigenvalue weighted by molar-refractivity contribution is 5.83. The first kappa shape index (κ1) is 14.5. The van der Waals surface area contributed by atoms with E-state index in [1.165, 1.54) is 0 Å². The number of rotatable bonds is 6. The predicted molar refractivity (Wildman–Crippen MR) is 75.1 cm³/mol. The van der Waals surface area contributed by atoms with Gasteiger partial charge in [0.2, 0.25) is 5.91 Å². The number of nitrogens with one attached hydrogen (secondary N) is 1. The Kier molecular flexibility index (Phi) is 4.39. The van der Waals surface area contributed by atoms with E-state index < -0.39 is 11.5 Å². The van der Waals surface area contributed by atoms with E-state index in [9.17, 15) is 14.7 Å². The number of carbonyl (C=O) groups is 2. The van der Waals surface area contributed by atoms with Gasteiger partial charge in [0.05, 0.1) is 6.54 Å². The van der Waals surface area contributed by atoms with Crippen LogP contribution in [0, 0.1) is 0 Å².